The van der Waals surface area contributed by atoms with E-state index in [4.69, 9.17) is 10.00 Å². The van der Waals surface area contributed by atoms with Gasteiger partial charge in [-0.25, -0.2) is 4.39 Å². The van der Waals surface area contributed by atoms with Crippen LogP contribution in [0.3, 0.4) is 0 Å². The first-order valence-corrected chi connectivity index (χ1v) is 6.77. The Labute approximate surface area is 124 Å². The van der Waals surface area contributed by atoms with Gasteiger partial charge in [-0.05, 0) is 48.4 Å². The van der Waals surface area contributed by atoms with Crippen LogP contribution < -0.4 is 10.1 Å². The minimum atomic E-state index is -0.387. The number of rotatable bonds is 6. The standard InChI is InChI=1S/C17H17FN2O/c1-13-3-2-4-17(7-13)21-6-5-20-12-15-8-14(11-19)9-16(18)10-15/h2-4,7-10,20H,5-6,12H2,1H3. The van der Waals surface area contributed by atoms with E-state index in [0.29, 0.717) is 25.3 Å². The second kappa shape index (κ2) is 7.41. The summed E-state index contributed by atoms with van der Waals surface area (Å²) in [5.41, 5.74) is 2.24. The third-order valence-corrected chi connectivity index (χ3v) is 2.95. The molecule has 0 aliphatic rings. The van der Waals surface area contributed by atoms with Crippen molar-refractivity contribution in [2.75, 3.05) is 13.2 Å². The zero-order valence-corrected chi connectivity index (χ0v) is 11.9. The molecule has 0 heterocycles. The molecule has 0 amide bonds. The van der Waals surface area contributed by atoms with Crippen molar-refractivity contribution in [1.82, 2.24) is 5.32 Å². The lowest BCUT2D eigenvalue weighted by Gasteiger charge is -2.08. The molecule has 2 aromatic carbocycles. The van der Waals surface area contributed by atoms with E-state index in [0.717, 1.165) is 16.9 Å². The Bertz CT molecular complexity index is 649. The third kappa shape index (κ3) is 4.90. The van der Waals surface area contributed by atoms with Gasteiger partial charge in [0.1, 0.15) is 18.2 Å². The fraction of sp³-hybridized carbons (Fsp3) is 0.235. The lowest BCUT2D eigenvalue weighted by atomic mass is 10.1. The van der Waals surface area contributed by atoms with Gasteiger partial charge in [-0.1, -0.05) is 12.1 Å². The largest absolute Gasteiger partial charge is 0.492 e. The second-order valence-corrected chi connectivity index (χ2v) is 4.80. The van der Waals surface area contributed by atoms with Gasteiger partial charge < -0.3 is 10.1 Å². The SMILES string of the molecule is Cc1cccc(OCCNCc2cc(F)cc(C#N)c2)c1. The van der Waals surface area contributed by atoms with Crippen molar-refractivity contribution >= 4 is 0 Å². The Morgan fingerprint density at radius 3 is 2.86 bits per heavy atom. The number of benzene rings is 2. The lowest BCUT2D eigenvalue weighted by Crippen LogP contribution is -2.20. The number of ether oxygens (including phenoxy) is 1. The highest BCUT2D eigenvalue weighted by Crippen LogP contribution is 2.12. The first kappa shape index (κ1) is 15.0. The molecular weight excluding hydrogens is 267 g/mol. The second-order valence-electron chi connectivity index (χ2n) is 4.80. The molecule has 0 unspecified atom stereocenters. The van der Waals surface area contributed by atoms with Crippen LogP contribution in [0.15, 0.2) is 42.5 Å². The molecule has 4 heteroatoms. The fourth-order valence-electron chi connectivity index (χ4n) is 2.00. The summed E-state index contributed by atoms with van der Waals surface area (Å²) in [6.07, 6.45) is 0. The van der Waals surface area contributed by atoms with Crippen molar-refractivity contribution in [3.8, 4) is 11.8 Å². The maximum Gasteiger partial charge on any atom is 0.124 e. The highest BCUT2D eigenvalue weighted by atomic mass is 19.1. The van der Waals surface area contributed by atoms with Crippen LogP contribution in [-0.2, 0) is 6.54 Å². The van der Waals surface area contributed by atoms with Crippen molar-refractivity contribution < 1.29 is 9.13 Å². The van der Waals surface area contributed by atoms with Crippen LogP contribution in [0.1, 0.15) is 16.7 Å². The summed E-state index contributed by atoms with van der Waals surface area (Å²) in [5, 5.41) is 12.0. The summed E-state index contributed by atoms with van der Waals surface area (Å²) in [7, 11) is 0. The van der Waals surface area contributed by atoms with E-state index in [2.05, 4.69) is 5.32 Å². The van der Waals surface area contributed by atoms with Crippen LogP contribution in [0.25, 0.3) is 0 Å². The molecular formula is C17H17FN2O. The van der Waals surface area contributed by atoms with Crippen LogP contribution in [0, 0.1) is 24.1 Å². The number of hydrogen-bond acceptors (Lipinski definition) is 3. The van der Waals surface area contributed by atoms with E-state index in [1.54, 1.807) is 6.07 Å². The van der Waals surface area contributed by atoms with E-state index in [9.17, 15) is 4.39 Å². The zero-order valence-electron chi connectivity index (χ0n) is 11.9. The van der Waals surface area contributed by atoms with Crippen LogP contribution in [0.4, 0.5) is 4.39 Å². The molecule has 0 saturated heterocycles. The topological polar surface area (TPSA) is 45.0 Å². The molecule has 21 heavy (non-hydrogen) atoms. The molecule has 0 aromatic heterocycles. The number of hydrogen-bond donors (Lipinski definition) is 1. The molecule has 0 atom stereocenters. The Hall–Kier alpha value is -2.38. The highest BCUT2D eigenvalue weighted by Gasteiger charge is 2.00. The number of halogens is 1. The first-order valence-electron chi connectivity index (χ1n) is 6.77. The normalized spacial score (nSPS) is 10.1. The van der Waals surface area contributed by atoms with Crippen LogP contribution >= 0.6 is 0 Å². The predicted molar refractivity (Wildman–Crippen MR) is 79.5 cm³/mol. The van der Waals surface area contributed by atoms with E-state index < -0.39 is 0 Å². The van der Waals surface area contributed by atoms with Gasteiger partial charge in [-0.3, -0.25) is 0 Å². The predicted octanol–water partition coefficient (Wildman–Crippen LogP) is 3.17. The van der Waals surface area contributed by atoms with Gasteiger partial charge >= 0.3 is 0 Å². The van der Waals surface area contributed by atoms with Crippen molar-refractivity contribution in [3.63, 3.8) is 0 Å². The summed E-state index contributed by atoms with van der Waals surface area (Å²) >= 11 is 0. The molecule has 0 bridgehead atoms. The lowest BCUT2D eigenvalue weighted by molar-refractivity contribution is 0.313. The highest BCUT2D eigenvalue weighted by molar-refractivity contribution is 5.33. The number of aryl methyl sites for hydroxylation is 1. The van der Waals surface area contributed by atoms with Gasteiger partial charge in [0.25, 0.3) is 0 Å². The van der Waals surface area contributed by atoms with Gasteiger partial charge in [0.15, 0.2) is 0 Å². The summed E-state index contributed by atoms with van der Waals surface area (Å²) in [4.78, 5) is 0. The van der Waals surface area contributed by atoms with Crippen LogP contribution in [0.5, 0.6) is 5.75 Å². The molecule has 2 rings (SSSR count). The summed E-state index contributed by atoms with van der Waals surface area (Å²) < 4.78 is 18.9. The summed E-state index contributed by atoms with van der Waals surface area (Å²) in [6, 6.07) is 14.1. The van der Waals surface area contributed by atoms with Crippen molar-refractivity contribution in [2.24, 2.45) is 0 Å². The molecule has 0 aliphatic carbocycles. The number of nitriles is 1. The number of nitrogens with zero attached hydrogens (tertiary/aromatic N) is 1. The van der Waals surface area contributed by atoms with Crippen LogP contribution in [-0.4, -0.2) is 13.2 Å². The molecule has 0 fully saturated rings. The Morgan fingerprint density at radius 2 is 2.10 bits per heavy atom. The van der Waals surface area contributed by atoms with Gasteiger partial charge in [-0.15, -0.1) is 0 Å². The van der Waals surface area contributed by atoms with E-state index in [1.807, 2.05) is 37.3 Å². The molecule has 2 aromatic rings. The van der Waals surface area contributed by atoms with Gasteiger partial charge in [0.2, 0.25) is 0 Å². The Balaban J connectivity index is 1.75. The fourth-order valence-corrected chi connectivity index (χ4v) is 2.00. The minimum Gasteiger partial charge on any atom is -0.492 e. The maximum atomic E-state index is 13.2. The van der Waals surface area contributed by atoms with Gasteiger partial charge in [-0.2, -0.15) is 5.26 Å². The first-order chi connectivity index (χ1) is 10.2. The Morgan fingerprint density at radius 1 is 1.24 bits per heavy atom. The molecule has 1 N–H and O–H groups in total. The maximum absolute atomic E-state index is 13.2. The van der Waals surface area contributed by atoms with E-state index in [-0.39, 0.29) is 5.82 Å². The average molecular weight is 284 g/mol. The minimum absolute atomic E-state index is 0.336. The quantitative estimate of drug-likeness (QED) is 0.829. The summed E-state index contributed by atoms with van der Waals surface area (Å²) in [5.74, 6) is 0.455. The van der Waals surface area contributed by atoms with Crippen molar-refractivity contribution in [3.05, 3.63) is 65.0 Å². The smallest absolute Gasteiger partial charge is 0.124 e. The van der Waals surface area contributed by atoms with Crippen molar-refractivity contribution in [2.45, 2.75) is 13.5 Å². The van der Waals surface area contributed by atoms with Crippen molar-refractivity contribution in [1.29, 1.82) is 5.26 Å². The summed E-state index contributed by atoms with van der Waals surface area (Å²) in [6.45, 7) is 3.70. The monoisotopic (exact) mass is 284 g/mol. The molecule has 3 nitrogen and oxygen atoms in total. The van der Waals surface area contributed by atoms with E-state index >= 15 is 0 Å². The molecule has 0 radical (unpaired) electrons. The zero-order chi connectivity index (χ0) is 15.1. The van der Waals surface area contributed by atoms with Crippen LogP contribution in [0.2, 0.25) is 0 Å². The van der Waals surface area contributed by atoms with Gasteiger partial charge in [0, 0.05) is 13.1 Å². The molecule has 0 saturated carbocycles. The number of nitrogens with one attached hydrogen (secondary N) is 1. The molecule has 0 spiro atoms. The van der Waals surface area contributed by atoms with E-state index in [1.165, 1.54) is 12.1 Å². The Kier molecular flexibility index (Phi) is 5.30. The third-order valence-electron chi connectivity index (χ3n) is 2.95. The van der Waals surface area contributed by atoms with Gasteiger partial charge in [0.05, 0.1) is 11.6 Å². The molecule has 0 aliphatic heterocycles. The molecule has 108 valence electrons. The average Bonchev–Trinajstić information content (AvgIpc) is 2.46.